The summed E-state index contributed by atoms with van der Waals surface area (Å²) in [6, 6.07) is 7.61. The summed E-state index contributed by atoms with van der Waals surface area (Å²) in [5.41, 5.74) is 0.713. The molecule has 0 radical (unpaired) electrons. The molecular weight excluding hydrogens is 236 g/mol. The van der Waals surface area contributed by atoms with Gasteiger partial charge < -0.3 is 10.6 Å². The Labute approximate surface area is 107 Å². The first-order valence-electron chi connectivity index (χ1n) is 5.88. The lowest BCUT2D eigenvalue weighted by atomic mass is 9.95. The van der Waals surface area contributed by atoms with E-state index in [1.54, 1.807) is 0 Å². The minimum absolute atomic E-state index is 0.120. The van der Waals surface area contributed by atoms with Gasteiger partial charge in [-0.05, 0) is 37.6 Å². The second kappa shape index (κ2) is 5.07. The fraction of sp³-hybridized carbons (Fsp3) is 0.462. The zero-order chi connectivity index (χ0) is 12.3. The van der Waals surface area contributed by atoms with E-state index in [9.17, 15) is 4.79 Å². The molecule has 2 rings (SSSR count). The maximum atomic E-state index is 12.1. The molecule has 0 aliphatic heterocycles. The number of rotatable bonds is 5. The van der Waals surface area contributed by atoms with Crippen LogP contribution in [0.2, 0.25) is 5.02 Å². The predicted molar refractivity (Wildman–Crippen MR) is 69.3 cm³/mol. The quantitative estimate of drug-likeness (QED) is 0.784. The summed E-state index contributed by atoms with van der Waals surface area (Å²) in [6.45, 7) is 1.45. The van der Waals surface area contributed by atoms with Crippen molar-refractivity contribution < 1.29 is 4.79 Å². The number of amides is 1. The van der Waals surface area contributed by atoms with Crippen LogP contribution in [0.1, 0.15) is 18.4 Å². The Morgan fingerprint density at radius 1 is 1.41 bits per heavy atom. The molecule has 3 nitrogen and oxygen atoms in total. The molecule has 2 N–H and O–H groups in total. The Balaban J connectivity index is 2.06. The average Bonchev–Trinajstić information content (AvgIpc) is 3.10. The number of hydrogen-bond acceptors (Lipinski definition) is 2. The van der Waals surface area contributed by atoms with E-state index in [0.29, 0.717) is 11.6 Å². The molecule has 0 bridgehead atoms. The number of nitrogens with one attached hydrogen (secondary N) is 2. The highest BCUT2D eigenvalue weighted by Gasteiger charge is 2.51. The van der Waals surface area contributed by atoms with E-state index in [0.717, 1.165) is 24.9 Å². The lowest BCUT2D eigenvalue weighted by molar-refractivity contribution is -0.123. The summed E-state index contributed by atoms with van der Waals surface area (Å²) in [7, 11) is 1.87. The fourth-order valence-corrected chi connectivity index (χ4v) is 2.22. The Morgan fingerprint density at radius 3 is 2.76 bits per heavy atom. The van der Waals surface area contributed by atoms with Crippen molar-refractivity contribution >= 4 is 17.5 Å². The molecule has 0 atom stereocenters. The van der Waals surface area contributed by atoms with Crippen molar-refractivity contribution in [2.45, 2.75) is 18.3 Å². The van der Waals surface area contributed by atoms with E-state index in [2.05, 4.69) is 10.6 Å². The summed E-state index contributed by atoms with van der Waals surface area (Å²) in [5.74, 6) is 0.120. The second-order valence-electron chi connectivity index (χ2n) is 4.45. The van der Waals surface area contributed by atoms with Gasteiger partial charge in [0, 0.05) is 18.1 Å². The van der Waals surface area contributed by atoms with Gasteiger partial charge in [0.1, 0.15) is 0 Å². The standard InChI is InChI=1S/C13H17ClN2O/c1-15-7-8-16-12(17)13(5-6-13)10-3-2-4-11(14)9-10/h2-4,9,15H,5-8H2,1H3,(H,16,17). The first kappa shape index (κ1) is 12.4. The molecule has 0 unspecified atom stereocenters. The summed E-state index contributed by atoms with van der Waals surface area (Å²) < 4.78 is 0. The second-order valence-corrected chi connectivity index (χ2v) is 4.89. The van der Waals surface area contributed by atoms with Gasteiger partial charge in [-0.2, -0.15) is 0 Å². The molecule has 0 heterocycles. The van der Waals surface area contributed by atoms with Gasteiger partial charge in [-0.3, -0.25) is 4.79 Å². The van der Waals surface area contributed by atoms with Gasteiger partial charge in [0.15, 0.2) is 0 Å². The Kier molecular flexibility index (Phi) is 3.69. The molecule has 92 valence electrons. The fourth-order valence-electron chi connectivity index (χ4n) is 2.03. The van der Waals surface area contributed by atoms with Crippen molar-refractivity contribution in [3.05, 3.63) is 34.9 Å². The molecule has 1 aliphatic rings. The van der Waals surface area contributed by atoms with Crippen molar-refractivity contribution in [3.8, 4) is 0 Å². The highest BCUT2D eigenvalue weighted by Crippen LogP contribution is 2.48. The zero-order valence-corrected chi connectivity index (χ0v) is 10.7. The summed E-state index contributed by atoms with van der Waals surface area (Å²) in [6.07, 6.45) is 1.83. The Morgan fingerprint density at radius 2 is 2.18 bits per heavy atom. The highest BCUT2D eigenvalue weighted by molar-refractivity contribution is 6.30. The molecule has 1 aliphatic carbocycles. The van der Waals surface area contributed by atoms with Gasteiger partial charge >= 0.3 is 0 Å². The molecule has 1 aromatic rings. The molecule has 4 heteroatoms. The van der Waals surface area contributed by atoms with Crippen LogP contribution >= 0.6 is 11.6 Å². The predicted octanol–water partition coefficient (Wildman–Crippen LogP) is 1.71. The van der Waals surface area contributed by atoms with Gasteiger partial charge in [-0.25, -0.2) is 0 Å². The number of halogens is 1. The minimum Gasteiger partial charge on any atom is -0.354 e. The molecule has 0 saturated heterocycles. The molecule has 1 fully saturated rings. The molecule has 17 heavy (non-hydrogen) atoms. The van der Waals surface area contributed by atoms with Crippen molar-refractivity contribution in [1.82, 2.24) is 10.6 Å². The third-order valence-electron chi connectivity index (χ3n) is 3.22. The van der Waals surface area contributed by atoms with Crippen LogP contribution in [0.25, 0.3) is 0 Å². The van der Waals surface area contributed by atoms with Crippen LogP contribution in [0.15, 0.2) is 24.3 Å². The van der Waals surface area contributed by atoms with Gasteiger partial charge in [-0.1, -0.05) is 23.7 Å². The molecule has 0 aromatic heterocycles. The van der Waals surface area contributed by atoms with Crippen LogP contribution in [0.4, 0.5) is 0 Å². The lowest BCUT2D eigenvalue weighted by Gasteiger charge is -2.16. The van der Waals surface area contributed by atoms with Crippen LogP contribution in [-0.2, 0) is 10.2 Å². The maximum Gasteiger partial charge on any atom is 0.230 e. The van der Waals surface area contributed by atoms with Crippen LogP contribution < -0.4 is 10.6 Å². The zero-order valence-electron chi connectivity index (χ0n) is 9.92. The van der Waals surface area contributed by atoms with Crippen molar-refractivity contribution in [3.63, 3.8) is 0 Å². The van der Waals surface area contributed by atoms with E-state index in [4.69, 9.17) is 11.6 Å². The smallest absolute Gasteiger partial charge is 0.230 e. The average molecular weight is 253 g/mol. The van der Waals surface area contributed by atoms with E-state index < -0.39 is 0 Å². The molecule has 1 amide bonds. The first-order chi connectivity index (χ1) is 8.19. The number of carbonyl (C=O) groups excluding carboxylic acids is 1. The number of benzene rings is 1. The highest BCUT2D eigenvalue weighted by atomic mass is 35.5. The van der Waals surface area contributed by atoms with Gasteiger partial charge in [0.2, 0.25) is 5.91 Å². The normalized spacial score (nSPS) is 16.6. The van der Waals surface area contributed by atoms with Gasteiger partial charge in [0.05, 0.1) is 5.41 Å². The van der Waals surface area contributed by atoms with E-state index in [1.807, 2.05) is 31.3 Å². The van der Waals surface area contributed by atoms with E-state index >= 15 is 0 Å². The van der Waals surface area contributed by atoms with Crippen molar-refractivity contribution in [2.24, 2.45) is 0 Å². The summed E-state index contributed by atoms with van der Waals surface area (Å²) in [4.78, 5) is 12.1. The van der Waals surface area contributed by atoms with Crippen molar-refractivity contribution in [2.75, 3.05) is 20.1 Å². The topological polar surface area (TPSA) is 41.1 Å². The third-order valence-corrected chi connectivity index (χ3v) is 3.46. The number of carbonyl (C=O) groups is 1. The van der Waals surface area contributed by atoms with Gasteiger partial charge in [-0.15, -0.1) is 0 Å². The number of likely N-dealkylation sites (N-methyl/N-ethyl adjacent to an activating group) is 1. The van der Waals surface area contributed by atoms with Crippen LogP contribution in [0.5, 0.6) is 0 Å². The van der Waals surface area contributed by atoms with Gasteiger partial charge in [0.25, 0.3) is 0 Å². The molecule has 0 spiro atoms. The lowest BCUT2D eigenvalue weighted by Crippen LogP contribution is -2.38. The van der Waals surface area contributed by atoms with Crippen molar-refractivity contribution in [1.29, 1.82) is 0 Å². The van der Waals surface area contributed by atoms with Crippen LogP contribution in [0, 0.1) is 0 Å². The van der Waals surface area contributed by atoms with E-state index in [-0.39, 0.29) is 11.3 Å². The Hall–Kier alpha value is -1.06. The molecular formula is C13H17ClN2O. The maximum absolute atomic E-state index is 12.1. The summed E-state index contributed by atoms with van der Waals surface area (Å²) >= 11 is 5.97. The largest absolute Gasteiger partial charge is 0.354 e. The Bertz CT molecular complexity index is 416. The van der Waals surface area contributed by atoms with Crippen LogP contribution in [-0.4, -0.2) is 26.0 Å². The van der Waals surface area contributed by atoms with E-state index in [1.165, 1.54) is 0 Å². The first-order valence-corrected chi connectivity index (χ1v) is 6.26. The summed E-state index contributed by atoms with van der Waals surface area (Å²) in [5, 5.41) is 6.66. The molecule has 1 saturated carbocycles. The molecule has 1 aromatic carbocycles. The third kappa shape index (κ3) is 2.61. The van der Waals surface area contributed by atoms with Crippen LogP contribution in [0.3, 0.4) is 0 Å². The minimum atomic E-state index is -0.321. The number of hydrogen-bond donors (Lipinski definition) is 2. The SMILES string of the molecule is CNCCNC(=O)C1(c2cccc(Cl)c2)CC1. The monoisotopic (exact) mass is 252 g/mol.